The van der Waals surface area contributed by atoms with Gasteiger partial charge in [-0.15, -0.1) is 0 Å². The molecule has 4 saturated carbocycles. The van der Waals surface area contributed by atoms with Gasteiger partial charge in [0.25, 0.3) is 0 Å². The summed E-state index contributed by atoms with van der Waals surface area (Å²) in [5.41, 5.74) is 3.80. The molecule has 0 unspecified atom stereocenters. The Kier molecular flexibility index (Phi) is 5.26. The van der Waals surface area contributed by atoms with E-state index in [9.17, 15) is 0 Å². The van der Waals surface area contributed by atoms with E-state index in [-0.39, 0.29) is 6.10 Å². The number of benzene rings is 2. The van der Waals surface area contributed by atoms with Crippen molar-refractivity contribution in [2.75, 3.05) is 13.2 Å². The van der Waals surface area contributed by atoms with Crippen LogP contribution in [0.4, 0.5) is 0 Å². The van der Waals surface area contributed by atoms with Gasteiger partial charge in [0.05, 0.1) is 19.2 Å². The van der Waals surface area contributed by atoms with Gasteiger partial charge in [-0.1, -0.05) is 60.2 Å². The summed E-state index contributed by atoms with van der Waals surface area (Å²) in [4.78, 5) is 0. The van der Waals surface area contributed by atoms with Crippen molar-refractivity contribution in [3.05, 3.63) is 71.3 Å². The van der Waals surface area contributed by atoms with E-state index in [0.29, 0.717) is 0 Å². The van der Waals surface area contributed by atoms with Gasteiger partial charge < -0.3 is 10.1 Å². The molecular formula is C26H34NO+. The lowest BCUT2D eigenvalue weighted by molar-refractivity contribution is -0.710. The van der Waals surface area contributed by atoms with Crippen molar-refractivity contribution in [1.82, 2.24) is 0 Å². The first-order chi connectivity index (χ1) is 13.8. The highest BCUT2D eigenvalue weighted by Gasteiger charge is 2.49. The summed E-state index contributed by atoms with van der Waals surface area (Å²) in [6.07, 6.45) is 7.60. The third kappa shape index (κ3) is 3.77. The number of ether oxygens (including phenoxy) is 1. The fourth-order valence-corrected chi connectivity index (χ4v) is 6.55. The molecule has 4 aliphatic rings. The van der Waals surface area contributed by atoms with E-state index >= 15 is 0 Å². The molecule has 0 radical (unpaired) electrons. The zero-order valence-electron chi connectivity index (χ0n) is 17.1. The van der Waals surface area contributed by atoms with Crippen molar-refractivity contribution < 1.29 is 10.1 Å². The van der Waals surface area contributed by atoms with Crippen LogP contribution in [0.5, 0.6) is 0 Å². The van der Waals surface area contributed by atoms with E-state index < -0.39 is 0 Å². The van der Waals surface area contributed by atoms with Crippen molar-refractivity contribution in [3.8, 4) is 0 Å². The normalized spacial score (nSPS) is 31.8. The van der Waals surface area contributed by atoms with E-state index in [1.807, 2.05) is 0 Å². The van der Waals surface area contributed by atoms with Crippen molar-refractivity contribution in [1.29, 1.82) is 0 Å². The van der Waals surface area contributed by atoms with Crippen LogP contribution < -0.4 is 5.32 Å². The minimum Gasteiger partial charge on any atom is -0.363 e. The monoisotopic (exact) mass is 376 g/mol. The van der Waals surface area contributed by atoms with Crippen LogP contribution in [0.2, 0.25) is 0 Å². The van der Waals surface area contributed by atoms with Gasteiger partial charge in [0.2, 0.25) is 0 Å². The van der Waals surface area contributed by atoms with Crippen molar-refractivity contribution in [2.45, 2.75) is 51.2 Å². The van der Waals surface area contributed by atoms with Gasteiger partial charge in [-0.3, -0.25) is 0 Å². The Morgan fingerprint density at radius 3 is 2.07 bits per heavy atom. The van der Waals surface area contributed by atoms with Crippen molar-refractivity contribution >= 4 is 0 Å². The predicted octanol–water partition coefficient (Wildman–Crippen LogP) is 4.49. The lowest BCUT2D eigenvalue weighted by atomic mass is 9.54. The lowest BCUT2D eigenvalue weighted by Gasteiger charge is -2.52. The van der Waals surface area contributed by atoms with Crippen LogP contribution in [-0.2, 0) is 4.74 Å². The Morgan fingerprint density at radius 1 is 0.821 bits per heavy atom. The zero-order valence-corrected chi connectivity index (χ0v) is 17.1. The van der Waals surface area contributed by atoms with Gasteiger partial charge in [-0.05, 0) is 62.0 Å². The van der Waals surface area contributed by atoms with Crippen LogP contribution in [0.3, 0.4) is 0 Å². The summed E-state index contributed by atoms with van der Waals surface area (Å²) in [6.45, 7) is 4.04. The van der Waals surface area contributed by atoms with Crippen LogP contribution in [-0.4, -0.2) is 19.2 Å². The quantitative estimate of drug-likeness (QED) is 0.708. The molecule has 0 heterocycles. The van der Waals surface area contributed by atoms with Gasteiger partial charge in [0.15, 0.2) is 0 Å². The van der Waals surface area contributed by atoms with E-state index in [1.165, 1.54) is 48.8 Å². The SMILES string of the molecule is Cc1ccc([C@H](OCC[NH2+]C2C3CC4CC(C3)CC2C4)c2ccccc2)cc1. The molecule has 4 aliphatic carbocycles. The van der Waals surface area contributed by atoms with Crippen molar-refractivity contribution in [3.63, 3.8) is 0 Å². The molecule has 4 bridgehead atoms. The van der Waals surface area contributed by atoms with Crippen LogP contribution >= 0.6 is 0 Å². The van der Waals surface area contributed by atoms with Crippen LogP contribution in [0.1, 0.15) is 54.9 Å². The number of nitrogens with two attached hydrogens (primary N) is 1. The number of rotatable bonds is 7. The largest absolute Gasteiger partial charge is 0.363 e. The first-order valence-electron chi connectivity index (χ1n) is 11.3. The molecule has 0 spiro atoms. The molecule has 2 aromatic rings. The zero-order chi connectivity index (χ0) is 18.9. The summed E-state index contributed by atoms with van der Waals surface area (Å²) < 4.78 is 6.47. The minimum atomic E-state index is 0.0358. The maximum Gasteiger partial charge on any atom is 0.108 e. The molecule has 2 N–H and O–H groups in total. The van der Waals surface area contributed by atoms with Gasteiger partial charge >= 0.3 is 0 Å². The molecular weight excluding hydrogens is 342 g/mol. The highest BCUT2D eigenvalue weighted by atomic mass is 16.5. The second-order valence-corrected chi connectivity index (χ2v) is 9.60. The molecule has 2 aromatic carbocycles. The Balaban J connectivity index is 1.20. The van der Waals surface area contributed by atoms with Gasteiger partial charge in [-0.2, -0.15) is 0 Å². The molecule has 6 rings (SSSR count). The number of hydrogen-bond donors (Lipinski definition) is 1. The van der Waals surface area contributed by atoms with Crippen molar-refractivity contribution in [2.24, 2.45) is 23.7 Å². The highest BCUT2D eigenvalue weighted by Crippen LogP contribution is 2.52. The maximum atomic E-state index is 6.47. The van der Waals surface area contributed by atoms with Crippen LogP contribution in [0.15, 0.2) is 54.6 Å². The highest BCUT2D eigenvalue weighted by molar-refractivity contribution is 5.31. The first-order valence-corrected chi connectivity index (χ1v) is 11.3. The summed E-state index contributed by atoms with van der Waals surface area (Å²) in [5, 5.41) is 2.64. The minimum absolute atomic E-state index is 0.0358. The fourth-order valence-electron chi connectivity index (χ4n) is 6.55. The molecule has 148 valence electrons. The lowest BCUT2D eigenvalue weighted by Crippen LogP contribution is -2.95. The van der Waals surface area contributed by atoms with E-state index in [1.54, 1.807) is 0 Å². The van der Waals surface area contributed by atoms with Gasteiger partial charge in [0, 0.05) is 11.8 Å². The first kappa shape index (κ1) is 18.4. The Morgan fingerprint density at radius 2 is 1.43 bits per heavy atom. The molecule has 0 saturated heterocycles. The molecule has 0 amide bonds. The third-order valence-electron chi connectivity index (χ3n) is 7.62. The summed E-state index contributed by atoms with van der Waals surface area (Å²) in [5.74, 6) is 4.09. The van der Waals surface area contributed by atoms with Gasteiger partial charge in [0.1, 0.15) is 6.10 Å². The molecule has 2 nitrogen and oxygen atoms in total. The number of aryl methyl sites for hydroxylation is 1. The summed E-state index contributed by atoms with van der Waals surface area (Å²) >= 11 is 0. The fraction of sp³-hybridized carbons (Fsp3) is 0.538. The van der Waals surface area contributed by atoms with E-state index in [2.05, 4.69) is 66.8 Å². The molecule has 4 fully saturated rings. The molecule has 1 atom stereocenters. The molecule has 0 aliphatic heterocycles. The average molecular weight is 377 g/mol. The van der Waals surface area contributed by atoms with Gasteiger partial charge in [-0.25, -0.2) is 0 Å². The van der Waals surface area contributed by atoms with Crippen LogP contribution in [0.25, 0.3) is 0 Å². The second kappa shape index (κ2) is 8.00. The molecule has 0 aromatic heterocycles. The molecule has 28 heavy (non-hydrogen) atoms. The third-order valence-corrected chi connectivity index (χ3v) is 7.62. The maximum absolute atomic E-state index is 6.47. The number of quaternary nitrogens is 1. The molecule has 2 heteroatoms. The Bertz CT molecular complexity index is 741. The summed E-state index contributed by atoms with van der Waals surface area (Å²) in [7, 11) is 0. The Labute approximate surface area is 169 Å². The smallest absolute Gasteiger partial charge is 0.108 e. The predicted molar refractivity (Wildman–Crippen MR) is 113 cm³/mol. The average Bonchev–Trinajstić information content (AvgIpc) is 2.71. The standard InChI is InChI=1S/C26H33NO/c1-18-7-9-22(10-8-18)26(21-5-3-2-4-6-21)28-12-11-27-25-23-14-19-13-20(16-23)17-24(25)15-19/h2-10,19-20,23-27H,11-17H2,1H3/p+1/t19?,20?,23?,24?,25?,26-/m1/s1. The topological polar surface area (TPSA) is 25.8 Å². The Hall–Kier alpha value is -1.64. The van der Waals surface area contributed by atoms with E-state index in [0.717, 1.165) is 42.9 Å². The summed E-state index contributed by atoms with van der Waals surface area (Å²) in [6, 6.07) is 20.4. The van der Waals surface area contributed by atoms with E-state index in [4.69, 9.17) is 4.74 Å². The second-order valence-electron chi connectivity index (χ2n) is 9.60. The number of hydrogen-bond acceptors (Lipinski definition) is 1. The van der Waals surface area contributed by atoms with Crippen LogP contribution in [0, 0.1) is 30.6 Å².